The molecule has 1 aliphatic carbocycles. The maximum atomic E-state index is 12.2. The van der Waals surface area contributed by atoms with Gasteiger partial charge in [0.15, 0.2) is 0 Å². The van der Waals surface area contributed by atoms with Crippen molar-refractivity contribution in [3.8, 4) is 0 Å². The standard InChI is InChI=1S/C13H16BrNO3S/c1-19(17,18)9-8-15-12(16)13(6-7-13)10-2-4-11(14)5-3-10/h2-5H,6-9H2,1H3,(H,15,16). The molecule has 104 valence electrons. The van der Waals surface area contributed by atoms with Crippen LogP contribution < -0.4 is 5.32 Å². The third-order valence-electron chi connectivity index (χ3n) is 3.34. The van der Waals surface area contributed by atoms with E-state index in [1.54, 1.807) is 0 Å². The summed E-state index contributed by atoms with van der Waals surface area (Å²) >= 11 is 3.37. The van der Waals surface area contributed by atoms with Crippen LogP contribution in [0.25, 0.3) is 0 Å². The van der Waals surface area contributed by atoms with Crippen molar-refractivity contribution in [3.63, 3.8) is 0 Å². The van der Waals surface area contributed by atoms with E-state index in [-0.39, 0.29) is 18.2 Å². The maximum Gasteiger partial charge on any atom is 0.230 e. The molecule has 0 saturated heterocycles. The SMILES string of the molecule is CS(=O)(=O)CCNC(=O)C1(c2ccc(Br)cc2)CC1. The number of hydrogen-bond donors (Lipinski definition) is 1. The first kappa shape index (κ1) is 14.5. The second kappa shape index (κ2) is 5.25. The van der Waals surface area contributed by atoms with Gasteiger partial charge in [-0.1, -0.05) is 28.1 Å². The lowest BCUT2D eigenvalue weighted by Crippen LogP contribution is -2.37. The van der Waals surface area contributed by atoms with Crippen LogP contribution in [-0.2, 0) is 20.0 Å². The molecule has 0 radical (unpaired) electrons. The number of carbonyl (C=O) groups is 1. The Hall–Kier alpha value is -0.880. The van der Waals surface area contributed by atoms with E-state index >= 15 is 0 Å². The molecule has 1 aromatic carbocycles. The maximum absolute atomic E-state index is 12.2. The van der Waals surface area contributed by atoms with Crippen LogP contribution in [0.15, 0.2) is 28.7 Å². The van der Waals surface area contributed by atoms with Crippen LogP contribution in [0.3, 0.4) is 0 Å². The van der Waals surface area contributed by atoms with E-state index in [0.29, 0.717) is 0 Å². The van der Waals surface area contributed by atoms with Crippen LogP contribution in [0.5, 0.6) is 0 Å². The summed E-state index contributed by atoms with van der Waals surface area (Å²) in [7, 11) is -3.04. The van der Waals surface area contributed by atoms with E-state index in [1.165, 1.54) is 6.26 Å². The molecular formula is C13H16BrNO3S. The van der Waals surface area contributed by atoms with Crippen molar-refractivity contribution in [1.29, 1.82) is 0 Å². The van der Waals surface area contributed by atoms with E-state index in [9.17, 15) is 13.2 Å². The highest BCUT2D eigenvalue weighted by atomic mass is 79.9. The van der Waals surface area contributed by atoms with Crippen molar-refractivity contribution in [2.24, 2.45) is 0 Å². The number of hydrogen-bond acceptors (Lipinski definition) is 3. The molecule has 0 heterocycles. The fourth-order valence-corrected chi connectivity index (χ4v) is 2.80. The van der Waals surface area contributed by atoms with E-state index < -0.39 is 15.3 Å². The zero-order valence-electron chi connectivity index (χ0n) is 10.6. The van der Waals surface area contributed by atoms with Gasteiger partial charge in [0.2, 0.25) is 5.91 Å². The summed E-state index contributed by atoms with van der Waals surface area (Å²) in [5.41, 5.74) is 0.547. The predicted octanol–water partition coefficient (Wildman–Crippen LogP) is 1.64. The Morgan fingerprint density at radius 2 is 1.89 bits per heavy atom. The normalized spacial score (nSPS) is 16.9. The van der Waals surface area contributed by atoms with Crippen LogP contribution in [-0.4, -0.2) is 32.9 Å². The lowest BCUT2D eigenvalue weighted by atomic mass is 9.95. The Morgan fingerprint density at radius 3 is 2.37 bits per heavy atom. The Labute approximate surface area is 121 Å². The van der Waals surface area contributed by atoms with Crippen molar-refractivity contribution < 1.29 is 13.2 Å². The average molecular weight is 346 g/mol. The monoisotopic (exact) mass is 345 g/mol. The molecule has 1 saturated carbocycles. The number of sulfone groups is 1. The Bertz CT molecular complexity index is 576. The lowest BCUT2D eigenvalue weighted by Gasteiger charge is -2.15. The van der Waals surface area contributed by atoms with Crippen molar-refractivity contribution in [1.82, 2.24) is 5.32 Å². The van der Waals surface area contributed by atoms with Crippen molar-refractivity contribution in [2.75, 3.05) is 18.6 Å². The van der Waals surface area contributed by atoms with Gasteiger partial charge < -0.3 is 5.32 Å². The summed E-state index contributed by atoms with van der Waals surface area (Å²) in [6.45, 7) is 0.177. The van der Waals surface area contributed by atoms with Crippen LogP contribution >= 0.6 is 15.9 Å². The fourth-order valence-electron chi connectivity index (χ4n) is 2.06. The molecule has 0 aromatic heterocycles. The molecule has 0 aliphatic heterocycles. The third kappa shape index (κ3) is 3.57. The highest BCUT2D eigenvalue weighted by molar-refractivity contribution is 9.10. The molecule has 4 nitrogen and oxygen atoms in total. The molecule has 0 atom stereocenters. The Kier molecular flexibility index (Phi) is 4.01. The molecule has 2 rings (SSSR count). The molecule has 0 unspecified atom stereocenters. The molecule has 1 aliphatic rings. The van der Waals surface area contributed by atoms with E-state index in [1.807, 2.05) is 24.3 Å². The highest BCUT2D eigenvalue weighted by Crippen LogP contribution is 2.48. The first-order valence-electron chi connectivity index (χ1n) is 6.06. The van der Waals surface area contributed by atoms with Crippen LogP contribution in [0, 0.1) is 0 Å². The predicted molar refractivity (Wildman–Crippen MR) is 77.8 cm³/mol. The lowest BCUT2D eigenvalue weighted by molar-refractivity contribution is -0.123. The van der Waals surface area contributed by atoms with Gasteiger partial charge in [-0.25, -0.2) is 8.42 Å². The van der Waals surface area contributed by atoms with Crippen molar-refractivity contribution in [2.45, 2.75) is 18.3 Å². The van der Waals surface area contributed by atoms with Crippen molar-refractivity contribution in [3.05, 3.63) is 34.3 Å². The van der Waals surface area contributed by atoms with E-state index in [0.717, 1.165) is 22.9 Å². The minimum atomic E-state index is -3.04. The molecule has 0 bridgehead atoms. The quantitative estimate of drug-likeness (QED) is 0.882. The van der Waals surface area contributed by atoms with Crippen LogP contribution in [0.2, 0.25) is 0 Å². The number of carbonyl (C=O) groups excluding carboxylic acids is 1. The van der Waals surface area contributed by atoms with E-state index in [4.69, 9.17) is 0 Å². The summed E-state index contributed by atoms with van der Waals surface area (Å²) in [6.07, 6.45) is 2.81. The number of benzene rings is 1. The van der Waals surface area contributed by atoms with Gasteiger partial charge in [0.1, 0.15) is 9.84 Å². The number of halogens is 1. The molecule has 1 aromatic rings. The Balaban J connectivity index is 2.00. The number of amides is 1. The second-order valence-electron chi connectivity index (χ2n) is 4.97. The molecule has 6 heteroatoms. The van der Waals surface area contributed by atoms with Gasteiger partial charge in [-0.2, -0.15) is 0 Å². The summed E-state index contributed by atoms with van der Waals surface area (Å²) < 4.78 is 23.0. The minimum Gasteiger partial charge on any atom is -0.354 e. The number of nitrogens with one attached hydrogen (secondary N) is 1. The van der Waals surface area contributed by atoms with Crippen LogP contribution in [0.1, 0.15) is 18.4 Å². The van der Waals surface area contributed by atoms with Gasteiger partial charge in [0.25, 0.3) is 0 Å². The zero-order valence-corrected chi connectivity index (χ0v) is 13.1. The molecule has 1 N–H and O–H groups in total. The first-order chi connectivity index (χ1) is 8.83. The van der Waals surface area contributed by atoms with Crippen molar-refractivity contribution >= 4 is 31.7 Å². The van der Waals surface area contributed by atoms with Gasteiger partial charge in [-0.15, -0.1) is 0 Å². The van der Waals surface area contributed by atoms with Gasteiger partial charge >= 0.3 is 0 Å². The molecule has 0 spiro atoms. The van der Waals surface area contributed by atoms with Crippen LogP contribution in [0.4, 0.5) is 0 Å². The molecular weight excluding hydrogens is 330 g/mol. The second-order valence-corrected chi connectivity index (χ2v) is 8.15. The number of rotatable bonds is 5. The third-order valence-corrected chi connectivity index (χ3v) is 4.81. The largest absolute Gasteiger partial charge is 0.354 e. The summed E-state index contributed by atoms with van der Waals surface area (Å²) in [4.78, 5) is 12.2. The summed E-state index contributed by atoms with van der Waals surface area (Å²) in [5.74, 6) is -0.0896. The average Bonchev–Trinajstić information content (AvgIpc) is 3.09. The smallest absolute Gasteiger partial charge is 0.230 e. The Morgan fingerprint density at radius 1 is 1.32 bits per heavy atom. The summed E-state index contributed by atoms with van der Waals surface area (Å²) in [6, 6.07) is 7.71. The summed E-state index contributed by atoms with van der Waals surface area (Å²) in [5, 5.41) is 2.73. The van der Waals surface area contributed by atoms with Gasteiger partial charge in [-0.3, -0.25) is 4.79 Å². The topological polar surface area (TPSA) is 63.2 Å². The molecule has 1 fully saturated rings. The fraction of sp³-hybridized carbons (Fsp3) is 0.462. The minimum absolute atomic E-state index is 0.0187. The van der Waals surface area contributed by atoms with Gasteiger partial charge in [0.05, 0.1) is 11.2 Å². The molecule has 1 amide bonds. The van der Waals surface area contributed by atoms with Gasteiger partial charge in [-0.05, 0) is 30.5 Å². The first-order valence-corrected chi connectivity index (χ1v) is 8.91. The molecule has 19 heavy (non-hydrogen) atoms. The van der Waals surface area contributed by atoms with Gasteiger partial charge in [0, 0.05) is 17.3 Å². The van der Waals surface area contributed by atoms with E-state index in [2.05, 4.69) is 21.2 Å². The zero-order chi connectivity index (χ0) is 14.1. The highest BCUT2D eigenvalue weighted by Gasteiger charge is 2.50.